The summed E-state index contributed by atoms with van der Waals surface area (Å²) < 4.78 is 27.5. The van der Waals surface area contributed by atoms with E-state index >= 15 is 0 Å². The van der Waals surface area contributed by atoms with Gasteiger partial charge in [-0.25, -0.2) is 13.2 Å². The number of hydrogen-bond acceptors (Lipinski definition) is 5. The molecule has 1 saturated heterocycles. The summed E-state index contributed by atoms with van der Waals surface area (Å²) in [6.45, 7) is 1.29. The van der Waals surface area contributed by atoms with Crippen molar-refractivity contribution < 1.29 is 22.7 Å². The van der Waals surface area contributed by atoms with Gasteiger partial charge >= 0.3 is 12.0 Å². The molecule has 1 aliphatic heterocycles. The van der Waals surface area contributed by atoms with Gasteiger partial charge in [0.05, 0.1) is 11.5 Å². The first-order chi connectivity index (χ1) is 9.84. The number of anilines is 1. The van der Waals surface area contributed by atoms with Gasteiger partial charge in [-0.1, -0.05) is 6.07 Å². The fourth-order valence-corrected chi connectivity index (χ4v) is 3.74. The van der Waals surface area contributed by atoms with E-state index in [1.54, 1.807) is 18.2 Å². The van der Waals surface area contributed by atoms with Crippen LogP contribution in [0.4, 0.5) is 10.5 Å². The third kappa shape index (κ3) is 4.75. The molecule has 1 unspecified atom stereocenters. The highest BCUT2D eigenvalue weighted by Crippen LogP contribution is 2.18. The third-order valence-corrected chi connectivity index (χ3v) is 4.69. The van der Waals surface area contributed by atoms with E-state index in [9.17, 15) is 18.0 Å². The van der Waals surface area contributed by atoms with Gasteiger partial charge in [-0.2, -0.15) is 0 Å². The maximum Gasteiger partial charge on any atom is 0.319 e. The van der Waals surface area contributed by atoms with Crippen molar-refractivity contribution in [3.63, 3.8) is 0 Å². The van der Waals surface area contributed by atoms with Gasteiger partial charge in [0.15, 0.2) is 9.84 Å². The third-order valence-electron chi connectivity index (χ3n) is 2.92. The van der Waals surface area contributed by atoms with Crippen LogP contribution in [0.1, 0.15) is 13.3 Å². The van der Waals surface area contributed by atoms with Crippen LogP contribution in [0.2, 0.25) is 0 Å². The van der Waals surface area contributed by atoms with E-state index in [1.807, 2.05) is 0 Å². The number of hydrogen-bond donors (Lipinski definition) is 2. The topological polar surface area (TPSA) is 102 Å². The first-order valence-electron chi connectivity index (χ1n) is 6.40. The summed E-state index contributed by atoms with van der Waals surface area (Å²) in [4.78, 5) is 22.6. The second kappa shape index (κ2) is 6.13. The molecule has 1 aromatic carbocycles. The lowest BCUT2D eigenvalue weighted by atomic mass is 10.2. The van der Waals surface area contributed by atoms with Gasteiger partial charge in [-0.15, -0.1) is 0 Å². The predicted molar refractivity (Wildman–Crippen MR) is 77.0 cm³/mol. The number of urea groups is 1. The molecule has 2 rings (SSSR count). The van der Waals surface area contributed by atoms with Gasteiger partial charge in [0, 0.05) is 24.7 Å². The Hall–Kier alpha value is -2.09. The minimum absolute atomic E-state index is 0.0338. The first-order valence-corrected chi connectivity index (χ1v) is 8.23. The molecular weight excluding hydrogens is 296 g/mol. The van der Waals surface area contributed by atoms with Crippen LogP contribution in [0.15, 0.2) is 24.3 Å². The highest BCUT2D eigenvalue weighted by molar-refractivity contribution is 7.91. The van der Waals surface area contributed by atoms with Crippen molar-refractivity contribution in [2.75, 3.05) is 16.8 Å². The average molecular weight is 312 g/mol. The SMILES string of the molecule is CC(=O)Oc1cccc(NC(=O)NC2CCS(=O)(=O)C2)c1. The number of sulfone groups is 1. The van der Waals surface area contributed by atoms with E-state index in [0.29, 0.717) is 17.9 Å². The zero-order valence-electron chi connectivity index (χ0n) is 11.5. The van der Waals surface area contributed by atoms with E-state index in [2.05, 4.69) is 10.6 Å². The van der Waals surface area contributed by atoms with E-state index in [4.69, 9.17) is 4.74 Å². The molecule has 0 spiro atoms. The van der Waals surface area contributed by atoms with Crippen LogP contribution >= 0.6 is 0 Å². The van der Waals surface area contributed by atoms with Crippen LogP contribution in [0.3, 0.4) is 0 Å². The Morgan fingerprint density at radius 3 is 2.71 bits per heavy atom. The summed E-state index contributed by atoms with van der Waals surface area (Å²) in [6.07, 6.45) is 0.420. The number of rotatable bonds is 3. The second-order valence-electron chi connectivity index (χ2n) is 4.82. The van der Waals surface area contributed by atoms with Crippen LogP contribution in [-0.2, 0) is 14.6 Å². The summed E-state index contributed by atoms with van der Waals surface area (Å²) in [7, 11) is -3.03. The zero-order valence-corrected chi connectivity index (χ0v) is 12.3. The molecule has 0 radical (unpaired) electrons. The summed E-state index contributed by atoms with van der Waals surface area (Å²) in [5.74, 6) is -0.0649. The molecule has 2 amide bonds. The second-order valence-corrected chi connectivity index (χ2v) is 7.05. The average Bonchev–Trinajstić information content (AvgIpc) is 2.67. The van der Waals surface area contributed by atoms with Crippen LogP contribution in [0.5, 0.6) is 5.75 Å². The van der Waals surface area contributed by atoms with Crippen LogP contribution < -0.4 is 15.4 Å². The molecule has 0 aromatic heterocycles. The van der Waals surface area contributed by atoms with Crippen molar-refractivity contribution in [2.45, 2.75) is 19.4 Å². The van der Waals surface area contributed by atoms with Gasteiger partial charge in [-0.3, -0.25) is 4.79 Å². The van der Waals surface area contributed by atoms with Gasteiger partial charge in [-0.05, 0) is 18.6 Å². The highest BCUT2D eigenvalue weighted by atomic mass is 32.2. The zero-order chi connectivity index (χ0) is 15.5. The number of esters is 1. The molecule has 1 fully saturated rings. The van der Waals surface area contributed by atoms with Crippen molar-refractivity contribution >= 4 is 27.5 Å². The van der Waals surface area contributed by atoms with Gasteiger partial charge in [0.1, 0.15) is 5.75 Å². The van der Waals surface area contributed by atoms with E-state index in [1.165, 1.54) is 13.0 Å². The minimum Gasteiger partial charge on any atom is -0.427 e. The number of ether oxygens (including phenoxy) is 1. The quantitative estimate of drug-likeness (QED) is 0.638. The Morgan fingerprint density at radius 2 is 2.10 bits per heavy atom. The maximum atomic E-state index is 11.8. The molecule has 21 heavy (non-hydrogen) atoms. The Kier molecular flexibility index (Phi) is 4.46. The van der Waals surface area contributed by atoms with E-state index < -0.39 is 21.8 Å². The largest absolute Gasteiger partial charge is 0.427 e. The first kappa shape index (κ1) is 15.3. The van der Waals surface area contributed by atoms with Gasteiger partial charge in [0.25, 0.3) is 0 Å². The van der Waals surface area contributed by atoms with Crippen LogP contribution in [-0.4, -0.2) is 38.0 Å². The molecule has 8 heteroatoms. The van der Waals surface area contributed by atoms with Crippen molar-refractivity contribution in [2.24, 2.45) is 0 Å². The number of benzene rings is 1. The van der Waals surface area contributed by atoms with Crippen molar-refractivity contribution in [1.82, 2.24) is 5.32 Å². The fourth-order valence-electron chi connectivity index (χ4n) is 2.06. The number of nitrogens with one attached hydrogen (secondary N) is 2. The Bertz CT molecular complexity index is 656. The molecular formula is C13H16N2O5S. The lowest BCUT2D eigenvalue weighted by molar-refractivity contribution is -0.131. The molecule has 114 valence electrons. The molecule has 7 nitrogen and oxygen atoms in total. The summed E-state index contributed by atoms with van der Waals surface area (Å²) in [6, 6.07) is 5.51. The molecule has 1 atom stereocenters. The lowest BCUT2D eigenvalue weighted by Crippen LogP contribution is -2.38. The highest BCUT2D eigenvalue weighted by Gasteiger charge is 2.28. The molecule has 0 saturated carbocycles. The standard InChI is InChI=1S/C13H16N2O5S/c1-9(16)20-12-4-2-3-10(7-12)14-13(17)15-11-5-6-21(18,19)8-11/h2-4,7,11H,5-6,8H2,1H3,(H2,14,15,17). The number of amides is 2. The number of carbonyl (C=O) groups is 2. The molecule has 2 N–H and O–H groups in total. The molecule has 1 heterocycles. The Labute approximate surface area is 122 Å². The normalized spacial score (nSPS) is 19.8. The van der Waals surface area contributed by atoms with Crippen molar-refractivity contribution in [3.8, 4) is 5.75 Å². The Balaban J connectivity index is 1.92. The van der Waals surface area contributed by atoms with E-state index in [0.717, 1.165) is 0 Å². The van der Waals surface area contributed by atoms with Crippen molar-refractivity contribution in [1.29, 1.82) is 0 Å². The maximum absolute atomic E-state index is 11.8. The van der Waals surface area contributed by atoms with Gasteiger partial charge < -0.3 is 15.4 Å². The molecule has 0 bridgehead atoms. The lowest BCUT2D eigenvalue weighted by Gasteiger charge is -2.12. The van der Waals surface area contributed by atoms with Crippen LogP contribution in [0.25, 0.3) is 0 Å². The molecule has 1 aromatic rings. The summed E-state index contributed by atoms with van der Waals surface area (Å²) >= 11 is 0. The minimum atomic E-state index is -3.03. The Morgan fingerprint density at radius 1 is 1.33 bits per heavy atom. The van der Waals surface area contributed by atoms with Crippen molar-refractivity contribution in [3.05, 3.63) is 24.3 Å². The predicted octanol–water partition coefficient (Wildman–Crippen LogP) is 0.920. The molecule has 1 aliphatic rings. The van der Waals surface area contributed by atoms with Gasteiger partial charge in [0.2, 0.25) is 0 Å². The van der Waals surface area contributed by atoms with E-state index in [-0.39, 0.29) is 17.5 Å². The smallest absolute Gasteiger partial charge is 0.319 e. The van der Waals surface area contributed by atoms with Crippen LogP contribution in [0, 0.1) is 0 Å². The molecule has 0 aliphatic carbocycles. The fraction of sp³-hybridized carbons (Fsp3) is 0.385. The summed E-state index contributed by atoms with van der Waals surface area (Å²) in [5.41, 5.74) is 0.451. The monoisotopic (exact) mass is 312 g/mol. The number of carbonyl (C=O) groups excluding carboxylic acids is 2. The summed E-state index contributed by atoms with van der Waals surface area (Å²) in [5, 5.41) is 5.18.